The number of nitroso groups, excluding NO2 is 1. The Kier molecular flexibility index (Phi) is 9.74. The van der Waals surface area contributed by atoms with Crippen LogP contribution in [0.3, 0.4) is 0 Å². The molecule has 0 spiro atoms. The van der Waals surface area contributed by atoms with Gasteiger partial charge in [-0.15, -0.1) is 4.91 Å². The number of nitrogens with zero attached hydrogens (tertiary/aromatic N) is 1. The van der Waals surface area contributed by atoms with Crippen molar-refractivity contribution >= 4 is 0 Å². The summed E-state index contributed by atoms with van der Waals surface area (Å²) in [5.74, 6) is 0.358. The lowest BCUT2D eigenvalue weighted by molar-refractivity contribution is 0.0609. The lowest BCUT2D eigenvalue weighted by Crippen LogP contribution is -2.40. The minimum atomic E-state index is -0.728. The maximum atomic E-state index is 10.8. The van der Waals surface area contributed by atoms with Gasteiger partial charge in [0.1, 0.15) is 6.17 Å². The highest BCUT2D eigenvalue weighted by Gasteiger charge is 2.24. The predicted molar refractivity (Wildman–Crippen MR) is 81.9 cm³/mol. The van der Waals surface area contributed by atoms with Gasteiger partial charge in [0.2, 0.25) is 0 Å². The first-order valence-electron chi connectivity index (χ1n) is 8.11. The quantitative estimate of drug-likeness (QED) is 0.399. The number of rotatable bonds is 11. The number of nitrogens with one attached hydrogen (secondary N) is 1. The first kappa shape index (κ1) is 18.5. The van der Waals surface area contributed by atoms with E-state index in [0.29, 0.717) is 19.1 Å². The third-order valence-electron chi connectivity index (χ3n) is 4.32. The number of aliphatic hydroxyl groups is 2. The fourth-order valence-electron chi connectivity index (χ4n) is 2.81. The topological polar surface area (TPSA) is 91.2 Å². The molecular weight excluding hydrogens is 272 g/mol. The Hall–Kier alpha value is -0.560. The Labute approximate surface area is 127 Å². The summed E-state index contributed by atoms with van der Waals surface area (Å²) in [4.78, 5) is 10.8. The number of hydrogen-bond donors (Lipinski definition) is 3. The van der Waals surface area contributed by atoms with Gasteiger partial charge in [0.05, 0.1) is 12.7 Å². The van der Waals surface area contributed by atoms with Crippen LogP contribution in [-0.4, -0.2) is 48.8 Å². The Morgan fingerprint density at radius 3 is 2.67 bits per heavy atom. The van der Waals surface area contributed by atoms with Crippen LogP contribution in [0.4, 0.5) is 0 Å². The summed E-state index contributed by atoms with van der Waals surface area (Å²) in [6, 6.07) is 0. The Morgan fingerprint density at radius 2 is 2.05 bits per heavy atom. The first-order chi connectivity index (χ1) is 10.2. The van der Waals surface area contributed by atoms with Gasteiger partial charge >= 0.3 is 0 Å². The van der Waals surface area contributed by atoms with Crippen LogP contribution >= 0.6 is 0 Å². The smallest absolute Gasteiger partial charge is 0.147 e. The summed E-state index contributed by atoms with van der Waals surface area (Å²) in [5, 5.41) is 24.6. The van der Waals surface area contributed by atoms with Crippen molar-refractivity contribution in [1.29, 1.82) is 0 Å². The molecule has 1 rings (SSSR count). The van der Waals surface area contributed by atoms with Crippen molar-refractivity contribution in [2.45, 2.75) is 57.7 Å². The van der Waals surface area contributed by atoms with Crippen LogP contribution in [0, 0.1) is 16.7 Å². The van der Waals surface area contributed by atoms with Crippen molar-refractivity contribution in [3.63, 3.8) is 0 Å². The van der Waals surface area contributed by atoms with Crippen LogP contribution in [0.5, 0.6) is 0 Å². The molecule has 0 radical (unpaired) electrons. The van der Waals surface area contributed by atoms with Gasteiger partial charge in [0.15, 0.2) is 0 Å². The van der Waals surface area contributed by atoms with E-state index >= 15 is 0 Å². The fraction of sp³-hybridized carbons (Fsp3) is 1.00. The molecule has 0 aromatic rings. The van der Waals surface area contributed by atoms with Gasteiger partial charge in [-0.2, -0.15) is 0 Å². The van der Waals surface area contributed by atoms with E-state index in [1.165, 1.54) is 32.1 Å². The highest BCUT2D eigenvalue weighted by Crippen LogP contribution is 2.23. The molecule has 3 N–H and O–H groups in total. The standard InChI is InChI=1S/C15H30N2O4/c1-12(14(19)7-9-18)15(17-20)16-8-10-21-11-13-5-3-2-4-6-13/h12-16,18-19H,2-11H2,1H3. The van der Waals surface area contributed by atoms with Gasteiger partial charge in [0.25, 0.3) is 0 Å². The van der Waals surface area contributed by atoms with Crippen molar-refractivity contribution in [2.75, 3.05) is 26.4 Å². The van der Waals surface area contributed by atoms with Crippen molar-refractivity contribution in [2.24, 2.45) is 17.0 Å². The zero-order valence-electron chi connectivity index (χ0n) is 13.0. The van der Waals surface area contributed by atoms with Gasteiger partial charge in [-0.05, 0) is 25.2 Å². The molecule has 0 aliphatic heterocycles. The zero-order chi connectivity index (χ0) is 15.5. The van der Waals surface area contributed by atoms with Crippen LogP contribution < -0.4 is 5.32 Å². The van der Waals surface area contributed by atoms with E-state index in [1.807, 2.05) is 0 Å². The predicted octanol–water partition coefficient (Wildman–Crippen LogP) is 1.64. The second-order valence-electron chi connectivity index (χ2n) is 6.02. The minimum absolute atomic E-state index is 0.0957. The van der Waals surface area contributed by atoms with E-state index in [9.17, 15) is 10.0 Å². The summed E-state index contributed by atoms with van der Waals surface area (Å²) >= 11 is 0. The number of hydrogen-bond acceptors (Lipinski definition) is 6. The average Bonchev–Trinajstić information content (AvgIpc) is 2.51. The third-order valence-corrected chi connectivity index (χ3v) is 4.32. The van der Waals surface area contributed by atoms with Crippen LogP contribution in [0.15, 0.2) is 5.18 Å². The lowest BCUT2D eigenvalue weighted by atomic mass is 9.90. The van der Waals surface area contributed by atoms with Crippen LogP contribution in [0.1, 0.15) is 45.4 Å². The fourth-order valence-corrected chi connectivity index (χ4v) is 2.81. The zero-order valence-corrected chi connectivity index (χ0v) is 13.0. The Balaban J connectivity index is 2.12. The molecular formula is C15H30N2O4. The van der Waals surface area contributed by atoms with Gasteiger partial charge in [0, 0.05) is 25.7 Å². The summed E-state index contributed by atoms with van der Waals surface area (Å²) in [7, 11) is 0. The largest absolute Gasteiger partial charge is 0.396 e. The van der Waals surface area contributed by atoms with E-state index < -0.39 is 12.3 Å². The van der Waals surface area contributed by atoms with Gasteiger partial charge in [-0.3, -0.25) is 5.32 Å². The molecule has 3 atom stereocenters. The molecule has 6 nitrogen and oxygen atoms in total. The van der Waals surface area contributed by atoms with Crippen LogP contribution in [-0.2, 0) is 4.74 Å². The monoisotopic (exact) mass is 302 g/mol. The third kappa shape index (κ3) is 7.31. The van der Waals surface area contributed by atoms with Crippen LogP contribution in [0.2, 0.25) is 0 Å². The van der Waals surface area contributed by atoms with Gasteiger partial charge in [-0.25, -0.2) is 0 Å². The van der Waals surface area contributed by atoms with E-state index in [1.54, 1.807) is 6.92 Å². The number of ether oxygens (including phenoxy) is 1. The maximum Gasteiger partial charge on any atom is 0.147 e. The van der Waals surface area contributed by atoms with Gasteiger partial charge < -0.3 is 14.9 Å². The Bertz CT molecular complexity index is 272. The molecule has 1 aliphatic rings. The molecule has 1 saturated carbocycles. The van der Waals surface area contributed by atoms with E-state index in [2.05, 4.69) is 10.5 Å². The van der Waals surface area contributed by atoms with E-state index in [0.717, 1.165) is 6.61 Å². The van der Waals surface area contributed by atoms with E-state index in [4.69, 9.17) is 9.84 Å². The second kappa shape index (κ2) is 11.1. The van der Waals surface area contributed by atoms with Crippen molar-refractivity contribution < 1.29 is 14.9 Å². The SMILES string of the molecule is CC(C(O)CCO)C(N=O)NCCOCC1CCCCC1. The maximum absolute atomic E-state index is 10.8. The van der Waals surface area contributed by atoms with Crippen molar-refractivity contribution in [3.8, 4) is 0 Å². The van der Waals surface area contributed by atoms with Gasteiger partial charge in [-0.1, -0.05) is 31.4 Å². The lowest BCUT2D eigenvalue weighted by Gasteiger charge is -2.24. The second-order valence-corrected chi connectivity index (χ2v) is 6.02. The highest BCUT2D eigenvalue weighted by molar-refractivity contribution is 4.76. The molecule has 0 saturated heterocycles. The van der Waals surface area contributed by atoms with Crippen LogP contribution in [0.25, 0.3) is 0 Å². The highest BCUT2D eigenvalue weighted by atomic mass is 16.5. The normalized spacial score (nSPS) is 20.9. The summed E-state index contributed by atoms with van der Waals surface area (Å²) < 4.78 is 5.65. The molecule has 124 valence electrons. The van der Waals surface area contributed by atoms with E-state index in [-0.39, 0.29) is 18.9 Å². The first-order valence-corrected chi connectivity index (χ1v) is 8.11. The molecule has 0 amide bonds. The summed E-state index contributed by atoms with van der Waals surface area (Å²) in [6.07, 6.45) is 5.37. The Morgan fingerprint density at radius 1 is 1.33 bits per heavy atom. The molecule has 0 bridgehead atoms. The molecule has 0 heterocycles. The summed E-state index contributed by atoms with van der Waals surface area (Å²) in [6.45, 7) is 3.54. The van der Waals surface area contributed by atoms with Crippen molar-refractivity contribution in [1.82, 2.24) is 5.32 Å². The van der Waals surface area contributed by atoms with Crippen molar-refractivity contribution in [3.05, 3.63) is 4.91 Å². The number of aliphatic hydroxyl groups excluding tert-OH is 2. The average molecular weight is 302 g/mol. The molecule has 21 heavy (non-hydrogen) atoms. The minimum Gasteiger partial charge on any atom is -0.396 e. The molecule has 3 unspecified atom stereocenters. The molecule has 1 aliphatic carbocycles. The summed E-state index contributed by atoms with van der Waals surface area (Å²) in [5.41, 5.74) is 0. The molecule has 0 aromatic heterocycles. The molecule has 0 aromatic carbocycles. The molecule has 1 fully saturated rings. The molecule has 6 heteroatoms.